The molecule has 0 aliphatic rings. The molecule has 0 aromatic rings. The Bertz CT molecular complexity index is 8.00. The van der Waals surface area contributed by atoms with Crippen molar-refractivity contribution < 1.29 is 17.1 Å². The van der Waals surface area contributed by atoms with Gasteiger partial charge in [0.2, 0.25) is 0 Å². The number of hydrogen-bond acceptors (Lipinski definition) is 1. The molecular weight excluding hydrogens is 289 g/mol. The first-order chi connectivity index (χ1) is 1.00. The van der Waals surface area contributed by atoms with E-state index >= 15 is 0 Å². The van der Waals surface area contributed by atoms with Crippen LogP contribution in [-0.4, -0.2) is 40.7 Å². The first-order valence-electron chi connectivity index (χ1n) is 0.200. The minimum absolute atomic E-state index is 0. The molecule has 0 saturated heterocycles. The van der Waals surface area contributed by atoms with Gasteiger partial charge in [-0.1, -0.05) is 0 Å². The minimum atomic E-state index is 0. The van der Waals surface area contributed by atoms with Crippen LogP contribution in [0.4, 0.5) is 0 Å². The molecule has 0 unspecified atom stereocenters. The van der Waals surface area contributed by atoms with Crippen LogP contribution in [-0.2, 0) is 17.1 Å². The van der Waals surface area contributed by atoms with Crippen molar-refractivity contribution in [2.45, 2.75) is 0 Å². The molecule has 4 heteroatoms. The van der Waals surface area contributed by atoms with Crippen molar-refractivity contribution in [2.24, 2.45) is 0 Å². The van der Waals surface area contributed by atoms with E-state index in [-0.39, 0.29) is 42.9 Å². The van der Waals surface area contributed by atoms with E-state index in [2.05, 4.69) is 11.0 Å². The Hall–Kier alpha value is 2.26. The second-order valence-electron chi connectivity index (χ2n) is 0. The Balaban J connectivity index is -0.00000000500. The molecule has 0 aromatic heterocycles. The van der Waals surface area contributed by atoms with Crippen LogP contribution in [0.15, 0.2) is 0 Å². The number of rotatable bonds is 0. The molecule has 0 bridgehead atoms. The summed E-state index contributed by atoms with van der Waals surface area (Å²) in [7, 11) is 0. The van der Waals surface area contributed by atoms with Crippen molar-refractivity contribution in [3.63, 3.8) is 0 Å². The van der Waals surface area contributed by atoms with Crippen molar-refractivity contribution in [3.05, 3.63) is 0 Å². The van der Waals surface area contributed by atoms with Crippen molar-refractivity contribution in [1.29, 1.82) is 0 Å². The first-order valence-corrected chi connectivity index (χ1v) is 3.12. The fourth-order valence-electron chi connectivity index (χ4n) is 0. The van der Waals surface area contributed by atoms with Crippen LogP contribution in [0.3, 0.4) is 0 Å². The average molecular weight is 294 g/mol. The molecule has 0 aliphatic carbocycles. The van der Waals surface area contributed by atoms with Gasteiger partial charge in [0.25, 0.3) is 0 Å². The van der Waals surface area contributed by atoms with Crippen molar-refractivity contribution in [3.8, 4) is 0 Å². The molecule has 0 fully saturated rings. The molecule has 1 radical (unpaired) electrons. The van der Waals surface area contributed by atoms with Gasteiger partial charge in [-0.3, -0.25) is 0 Å². The Morgan fingerprint density at radius 1 is 1.25 bits per heavy atom. The number of thiol groups is 1. The van der Waals surface area contributed by atoms with E-state index in [9.17, 15) is 0 Å². The van der Waals surface area contributed by atoms with E-state index in [1.54, 1.807) is 0 Å². The van der Waals surface area contributed by atoms with Crippen LogP contribution in [0.1, 0.15) is 0 Å². The summed E-state index contributed by atoms with van der Waals surface area (Å²) in [5.74, 6) is 0. The molecule has 0 nitrogen and oxygen atoms in total. The van der Waals surface area contributed by atoms with Crippen LogP contribution in [0.25, 0.3) is 0 Å². The summed E-state index contributed by atoms with van der Waals surface area (Å²) < 4.78 is 0. The quantitative estimate of drug-likeness (QED) is 0.410. The third kappa shape index (κ3) is 8.86. The van der Waals surface area contributed by atoms with E-state index in [4.69, 9.17) is 0 Å². The van der Waals surface area contributed by atoms with Gasteiger partial charge in [0.05, 0.1) is 0 Å². The Morgan fingerprint density at radius 2 is 1.25 bits per heavy atom. The molecule has 0 amide bonds. The average Bonchev–Trinajstić information content (AvgIpc) is 1.00. The molecule has 0 N–H and O–H groups in total. The summed E-state index contributed by atoms with van der Waals surface area (Å²) in [5.41, 5.74) is 0. The fraction of sp³-hybridized carbons (Fsp3) is 0. The van der Waals surface area contributed by atoms with E-state index in [1.165, 1.54) is 0 Å². The van der Waals surface area contributed by atoms with E-state index in [0.29, 0.717) is 0 Å². The fourth-order valence-corrected chi connectivity index (χ4v) is 0. The maximum absolute atomic E-state index is 3.47. The zero-order chi connectivity index (χ0) is 2.00. The maximum atomic E-state index is 3.47. The van der Waals surface area contributed by atoms with Gasteiger partial charge in [-0.25, -0.2) is 0 Å². The van der Waals surface area contributed by atoms with Gasteiger partial charge >= 0.3 is 51.8 Å². The summed E-state index contributed by atoms with van der Waals surface area (Å²) in [6, 6.07) is 0. The van der Waals surface area contributed by atoms with Gasteiger partial charge in [-0.05, 0) is 0 Å². The molecule has 31 valence electrons. The van der Waals surface area contributed by atoms with Crippen LogP contribution < -0.4 is 0 Å². The van der Waals surface area contributed by atoms with Crippen LogP contribution in [0.5, 0.6) is 0 Å². The molecular formula is H5CuInSSe. The van der Waals surface area contributed by atoms with Crippen molar-refractivity contribution >= 4 is 51.8 Å². The van der Waals surface area contributed by atoms with Crippen molar-refractivity contribution in [1.82, 2.24) is 0 Å². The summed E-state index contributed by atoms with van der Waals surface area (Å²) in [4.78, 5) is 0. The topological polar surface area (TPSA) is 0 Å². The predicted molar refractivity (Wildman–Crippen MR) is 26.1 cm³/mol. The molecule has 0 atom stereocenters. The van der Waals surface area contributed by atoms with Gasteiger partial charge < -0.3 is 0 Å². The molecule has 0 heterocycles. The summed E-state index contributed by atoms with van der Waals surface area (Å²) in [6.45, 7) is 0. The number of hydrogen-bond donors (Lipinski definition) is 1. The Kier molecular flexibility index (Phi) is 76.2. The van der Waals surface area contributed by atoms with E-state index < -0.39 is 0 Å². The monoisotopic (exact) mass is 295 g/mol. The van der Waals surface area contributed by atoms with Gasteiger partial charge in [0.1, 0.15) is 0 Å². The van der Waals surface area contributed by atoms with Gasteiger partial charge in [0.15, 0.2) is 0 Å². The van der Waals surface area contributed by atoms with Gasteiger partial charge in [0, 0.05) is 17.1 Å². The van der Waals surface area contributed by atoms with Crippen LogP contribution in [0.2, 0.25) is 0 Å². The molecule has 0 aromatic carbocycles. The zero-order valence-corrected chi connectivity index (χ0v) is 4.91. The molecule has 0 spiro atoms. The van der Waals surface area contributed by atoms with Gasteiger partial charge in [-0.2, -0.15) is 0 Å². The molecule has 0 saturated carbocycles. The molecule has 4 heavy (non-hydrogen) atoms. The van der Waals surface area contributed by atoms with Crippen molar-refractivity contribution in [2.75, 3.05) is 0 Å². The Labute approximate surface area is 68.0 Å². The summed E-state index contributed by atoms with van der Waals surface area (Å²) in [6.07, 6.45) is 0. The SMILES string of the molecule is S[SeH].[Cu].[InH3]. The Morgan fingerprint density at radius 3 is 1.25 bits per heavy atom. The predicted octanol–water partition coefficient (Wildman–Crippen LogP) is -1.45. The first kappa shape index (κ1) is 16.3. The molecule has 0 aliphatic heterocycles. The normalized spacial score (nSPS) is 1.50. The van der Waals surface area contributed by atoms with Crippen LogP contribution >= 0.6 is 11.0 Å². The second kappa shape index (κ2) is 18.7. The third-order valence-electron chi connectivity index (χ3n) is 0. The molecule has 0 rings (SSSR count). The standard InChI is InChI=1S/Cu.In.H2SSe.3H/c;;1-2;;;/h;;1-2H;;;. The third-order valence-corrected chi connectivity index (χ3v) is 0. The van der Waals surface area contributed by atoms with E-state index in [1.807, 2.05) is 14.9 Å². The summed E-state index contributed by atoms with van der Waals surface area (Å²) >= 11 is 5.47. The summed E-state index contributed by atoms with van der Waals surface area (Å²) in [5, 5.41) is 0. The second-order valence-corrected chi connectivity index (χ2v) is 0. The van der Waals surface area contributed by atoms with E-state index in [0.717, 1.165) is 0 Å². The van der Waals surface area contributed by atoms with Gasteiger partial charge in [-0.15, -0.1) is 0 Å². The zero-order valence-electron chi connectivity index (χ0n) is 1.20. The van der Waals surface area contributed by atoms with Crippen LogP contribution in [0, 0.1) is 0 Å².